The van der Waals surface area contributed by atoms with Gasteiger partial charge in [-0.15, -0.1) is 0 Å². The molecular weight excluding hydrogens is 247 g/mol. The molecule has 0 radical (unpaired) electrons. The molecule has 2 aromatic carbocycles. The van der Waals surface area contributed by atoms with Crippen molar-refractivity contribution < 1.29 is 4.39 Å². The molecular formula is C16H12ClF. The standard InChI is InChI=1S/C16H12ClF/c1-10-8-11(3-7-16(10)17)14-5-2-12-9-13(18)4-6-15(12)14/h3-9H,2H2,1H3. The van der Waals surface area contributed by atoms with Crippen LogP contribution in [0.5, 0.6) is 0 Å². The van der Waals surface area contributed by atoms with Crippen molar-refractivity contribution in [3.63, 3.8) is 0 Å². The summed E-state index contributed by atoms with van der Waals surface area (Å²) < 4.78 is 13.2. The van der Waals surface area contributed by atoms with E-state index in [0.29, 0.717) is 0 Å². The molecule has 0 saturated heterocycles. The molecule has 1 aliphatic rings. The summed E-state index contributed by atoms with van der Waals surface area (Å²) in [6.07, 6.45) is 2.94. The third kappa shape index (κ3) is 1.85. The first-order valence-corrected chi connectivity index (χ1v) is 6.28. The molecule has 90 valence electrons. The third-order valence-electron chi connectivity index (χ3n) is 3.35. The molecule has 0 atom stereocenters. The van der Waals surface area contributed by atoms with Crippen molar-refractivity contribution in [1.82, 2.24) is 0 Å². The average molecular weight is 259 g/mol. The second-order valence-electron chi connectivity index (χ2n) is 4.59. The Labute approximate surface area is 111 Å². The predicted octanol–water partition coefficient (Wildman–Crippen LogP) is 4.78. The van der Waals surface area contributed by atoms with Crippen LogP contribution in [0.1, 0.15) is 22.3 Å². The van der Waals surface area contributed by atoms with Crippen molar-refractivity contribution in [3.05, 3.63) is 75.6 Å². The smallest absolute Gasteiger partial charge is 0.123 e. The van der Waals surface area contributed by atoms with Crippen molar-refractivity contribution in [2.45, 2.75) is 13.3 Å². The average Bonchev–Trinajstić information content (AvgIpc) is 2.75. The number of hydrogen-bond acceptors (Lipinski definition) is 0. The zero-order chi connectivity index (χ0) is 12.7. The molecule has 0 heterocycles. The summed E-state index contributed by atoms with van der Waals surface area (Å²) in [5.41, 5.74) is 5.55. The minimum atomic E-state index is -0.171. The lowest BCUT2D eigenvalue weighted by Crippen LogP contribution is -1.89. The molecule has 0 saturated carbocycles. The first-order chi connectivity index (χ1) is 8.65. The van der Waals surface area contributed by atoms with Crippen LogP contribution in [0.15, 0.2) is 42.5 Å². The Morgan fingerprint density at radius 1 is 1.11 bits per heavy atom. The van der Waals surface area contributed by atoms with Gasteiger partial charge in [0.25, 0.3) is 0 Å². The molecule has 0 bridgehead atoms. The Hall–Kier alpha value is -1.60. The van der Waals surface area contributed by atoms with Gasteiger partial charge in [0.05, 0.1) is 0 Å². The molecule has 0 fully saturated rings. The Morgan fingerprint density at radius 2 is 1.94 bits per heavy atom. The highest BCUT2D eigenvalue weighted by molar-refractivity contribution is 6.31. The second-order valence-corrected chi connectivity index (χ2v) is 4.99. The first-order valence-electron chi connectivity index (χ1n) is 5.90. The van der Waals surface area contributed by atoms with Crippen molar-refractivity contribution >= 4 is 17.2 Å². The van der Waals surface area contributed by atoms with Crippen molar-refractivity contribution in [1.29, 1.82) is 0 Å². The maximum Gasteiger partial charge on any atom is 0.123 e. The minimum Gasteiger partial charge on any atom is -0.207 e. The molecule has 3 rings (SSSR count). The van der Waals surface area contributed by atoms with Gasteiger partial charge in [-0.05, 0) is 65.4 Å². The van der Waals surface area contributed by atoms with Crippen LogP contribution < -0.4 is 0 Å². The van der Waals surface area contributed by atoms with E-state index < -0.39 is 0 Å². The number of fused-ring (bicyclic) bond motifs is 1. The molecule has 0 aliphatic heterocycles. The highest BCUT2D eigenvalue weighted by Crippen LogP contribution is 2.34. The van der Waals surface area contributed by atoms with E-state index in [1.807, 2.05) is 25.1 Å². The van der Waals surface area contributed by atoms with Crippen LogP contribution in [0, 0.1) is 12.7 Å². The molecule has 0 nitrogen and oxygen atoms in total. The zero-order valence-electron chi connectivity index (χ0n) is 10.0. The number of halogens is 2. The fourth-order valence-electron chi connectivity index (χ4n) is 2.40. The summed E-state index contributed by atoms with van der Waals surface area (Å²) in [5, 5.41) is 0.775. The van der Waals surface area contributed by atoms with Crippen LogP contribution in [0.25, 0.3) is 5.57 Å². The highest BCUT2D eigenvalue weighted by Gasteiger charge is 2.16. The number of rotatable bonds is 1. The lowest BCUT2D eigenvalue weighted by molar-refractivity contribution is 0.626. The highest BCUT2D eigenvalue weighted by atomic mass is 35.5. The van der Waals surface area contributed by atoms with Gasteiger partial charge in [0, 0.05) is 5.02 Å². The summed E-state index contributed by atoms with van der Waals surface area (Å²) in [6.45, 7) is 1.99. The first kappa shape index (κ1) is 11.5. The molecule has 0 N–H and O–H groups in total. The van der Waals surface area contributed by atoms with Gasteiger partial charge in [0.1, 0.15) is 5.82 Å². The number of aryl methyl sites for hydroxylation is 1. The van der Waals surface area contributed by atoms with Gasteiger partial charge < -0.3 is 0 Å². The van der Waals surface area contributed by atoms with E-state index in [2.05, 4.69) is 12.1 Å². The lowest BCUT2D eigenvalue weighted by atomic mass is 9.98. The SMILES string of the molecule is Cc1cc(C2=CCc3cc(F)ccc32)ccc1Cl. The van der Waals surface area contributed by atoms with Crippen molar-refractivity contribution in [2.75, 3.05) is 0 Å². The Balaban J connectivity index is 2.08. The fraction of sp³-hybridized carbons (Fsp3) is 0.125. The van der Waals surface area contributed by atoms with Crippen LogP contribution in [0.3, 0.4) is 0 Å². The van der Waals surface area contributed by atoms with E-state index in [1.165, 1.54) is 11.6 Å². The lowest BCUT2D eigenvalue weighted by Gasteiger charge is -2.08. The largest absolute Gasteiger partial charge is 0.207 e. The third-order valence-corrected chi connectivity index (χ3v) is 3.78. The summed E-state index contributed by atoms with van der Waals surface area (Å²) in [5.74, 6) is -0.171. The van der Waals surface area contributed by atoms with Crippen molar-refractivity contribution in [2.24, 2.45) is 0 Å². The topological polar surface area (TPSA) is 0 Å². The molecule has 0 spiro atoms. The van der Waals surface area contributed by atoms with E-state index in [1.54, 1.807) is 6.07 Å². The molecule has 0 amide bonds. The molecule has 0 unspecified atom stereocenters. The monoisotopic (exact) mass is 258 g/mol. The fourth-order valence-corrected chi connectivity index (χ4v) is 2.52. The van der Waals surface area contributed by atoms with Gasteiger partial charge >= 0.3 is 0 Å². The number of hydrogen-bond donors (Lipinski definition) is 0. The van der Waals surface area contributed by atoms with E-state index in [9.17, 15) is 4.39 Å². The van der Waals surface area contributed by atoms with Crippen LogP contribution in [-0.2, 0) is 6.42 Å². The van der Waals surface area contributed by atoms with E-state index in [4.69, 9.17) is 11.6 Å². The van der Waals surface area contributed by atoms with E-state index in [-0.39, 0.29) is 5.82 Å². The summed E-state index contributed by atoms with van der Waals surface area (Å²) in [7, 11) is 0. The zero-order valence-corrected chi connectivity index (χ0v) is 10.8. The maximum atomic E-state index is 13.2. The molecule has 2 aromatic rings. The van der Waals surface area contributed by atoms with Gasteiger partial charge in [-0.25, -0.2) is 4.39 Å². The van der Waals surface area contributed by atoms with Gasteiger partial charge in [0.15, 0.2) is 0 Å². The maximum absolute atomic E-state index is 13.2. The van der Waals surface area contributed by atoms with Gasteiger partial charge in [-0.3, -0.25) is 0 Å². The minimum absolute atomic E-state index is 0.171. The Bertz CT molecular complexity index is 656. The second kappa shape index (κ2) is 4.25. The molecule has 1 aliphatic carbocycles. The summed E-state index contributed by atoms with van der Waals surface area (Å²) in [6, 6.07) is 11.0. The van der Waals surface area contributed by atoms with Crippen LogP contribution in [-0.4, -0.2) is 0 Å². The predicted molar refractivity (Wildman–Crippen MR) is 73.4 cm³/mol. The van der Waals surface area contributed by atoms with E-state index >= 15 is 0 Å². The molecule has 0 aromatic heterocycles. The van der Waals surface area contributed by atoms with Crippen LogP contribution in [0.2, 0.25) is 5.02 Å². The van der Waals surface area contributed by atoms with Crippen molar-refractivity contribution in [3.8, 4) is 0 Å². The normalized spacial score (nSPS) is 13.4. The van der Waals surface area contributed by atoms with Gasteiger partial charge in [0.2, 0.25) is 0 Å². The van der Waals surface area contributed by atoms with Gasteiger partial charge in [-0.1, -0.05) is 29.8 Å². The Kier molecular flexibility index (Phi) is 2.71. The van der Waals surface area contributed by atoms with E-state index in [0.717, 1.165) is 33.7 Å². The number of benzene rings is 2. The summed E-state index contributed by atoms with van der Waals surface area (Å²) in [4.78, 5) is 0. The molecule has 18 heavy (non-hydrogen) atoms. The summed E-state index contributed by atoms with van der Waals surface area (Å²) >= 11 is 6.04. The van der Waals surface area contributed by atoms with Gasteiger partial charge in [-0.2, -0.15) is 0 Å². The quantitative estimate of drug-likeness (QED) is 0.691. The molecule has 2 heteroatoms. The van der Waals surface area contributed by atoms with Crippen LogP contribution >= 0.6 is 11.6 Å². The number of allylic oxidation sites excluding steroid dienone is 1. The Morgan fingerprint density at radius 3 is 2.72 bits per heavy atom. The van der Waals surface area contributed by atoms with Crippen LogP contribution in [0.4, 0.5) is 4.39 Å².